The van der Waals surface area contributed by atoms with E-state index < -0.39 is 0 Å². The van der Waals surface area contributed by atoms with Crippen molar-refractivity contribution < 1.29 is 0 Å². The van der Waals surface area contributed by atoms with E-state index in [9.17, 15) is 0 Å². The average Bonchev–Trinajstić information content (AvgIpc) is 3.52. The molecule has 1 heterocycles. The van der Waals surface area contributed by atoms with E-state index in [4.69, 9.17) is 0 Å². The molecule has 8 aromatic carbocycles. The van der Waals surface area contributed by atoms with E-state index >= 15 is 0 Å². The van der Waals surface area contributed by atoms with E-state index in [0.29, 0.717) is 0 Å². The summed E-state index contributed by atoms with van der Waals surface area (Å²) in [4.78, 5) is 2.45. The van der Waals surface area contributed by atoms with Crippen LogP contribution in [0.1, 0.15) is 0 Å². The fourth-order valence-corrected chi connectivity index (χ4v) is 8.11. The lowest BCUT2D eigenvalue weighted by Crippen LogP contribution is -2.10. The van der Waals surface area contributed by atoms with Gasteiger partial charge in [-0.1, -0.05) is 133 Å². The summed E-state index contributed by atoms with van der Waals surface area (Å²) in [5, 5.41) is 7.62. The van der Waals surface area contributed by atoms with Gasteiger partial charge in [-0.3, -0.25) is 0 Å². The van der Waals surface area contributed by atoms with Crippen LogP contribution in [0.2, 0.25) is 0 Å². The minimum atomic E-state index is 1.13. The second-order valence-electron chi connectivity index (χ2n) is 11.7. The maximum Gasteiger partial charge on any atom is 0.0554 e. The van der Waals surface area contributed by atoms with Crippen molar-refractivity contribution in [3.8, 4) is 22.3 Å². The molecular formula is C44H29NS. The van der Waals surface area contributed by atoms with Gasteiger partial charge in [-0.25, -0.2) is 0 Å². The number of rotatable bonds is 5. The standard InChI is InChI=1S/C44H29NS/c1-3-13-30(14-4-1)34-19-11-20-35(27-34)45(36-26-25-31-15-7-8-18-33(31)28-36)41-23-12-24-42-43(41)40-29-39(32-16-5-2-6-17-32)37-21-9-10-22-38(37)44(40)46-42/h1-29H. The van der Waals surface area contributed by atoms with Crippen LogP contribution >= 0.6 is 11.3 Å². The maximum atomic E-state index is 2.45. The predicted molar refractivity (Wildman–Crippen MR) is 200 cm³/mol. The van der Waals surface area contributed by atoms with E-state index in [1.165, 1.54) is 69.7 Å². The third kappa shape index (κ3) is 4.46. The van der Waals surface area contributed by atoms with Crippen LogP contribution in [-0.2, 0) is 0 Å². The van der Waals surface area contributed by atoms with Gasteiger partial charge in [0.2, 0.25) is 0 Å². The molecule has 46 heavy (non-hydrogen) atoms. The maximum absolute atomic E-state index is 2.45. The van der Waals surface area contributed by atoms with Crippen LogP contribution in [-0.4, -0.2) is 0 Å². The Balaban J connectivity index is 1.36. The zero-order valence-corrected chi connectivity index (χ0v) is 25.9. The molecule has 0 amide bonds. The molecule has 0 saturated heterocycles. The lowest BCUT2D eigenvalue weighted by atomic mass is 9.95. The topological polar surface area (TPSA) is 3.24 Å². The smallest absolute Gasteiger partial charge is 0.0554 e. The van der Waals surface area contributed by atoms with E-state index in [0.717, 1.165) is 11.4 Å². The number of benzene rings is 8. The molecule has 9 rings (SSSR count). The molecule has 0 saturated carbocycles. The van der Waals surface area contributed by atoms with Gasteiger partial charge in [-0.15, -0.1) is 11.3 Å². The molecule has 0 bridgehead atoms. The number of anilines is 3. The van der Waals surface area contributed by atoms with Crippen LogP contribution in [0.25, 0.3) is 64.0 Å². The summed E-state index contributed by atoms with van der Waals surface area (Å²) < 4.78 is 2.61. The molecule has 0 aliphatic heterocycles. The molecule has 0 fully saturated rings. The van der Waals surface area contributed by atoms with Crippen molar-refractivity contribution in [2.45, 2.75) is 0 Å². The van der Waals surface area contributed by atoms with E-state index in [2.05, 4.69) is 181 Å². The Hall–Kier alpha value is -5.70. The number of thiophene rings is 1. The zero-order chi connectivity index (χ0) is 30.5. The van der Waals surface area contributed by atoms with Gasteiger partial charge in [0.25, 0.3) is 0 Å². The molecule has 9 aromatic rings. The van der Waals surface area contributed by atoms with Crippen LogP contribution in [0, 0.1) is 0 Å². The minimum absolute atomic E-state index is 1.13. The van der Waals surface area contributed by atoms with Gasteiger partial charge in [-0.05, 0) is 80.9 Å². The Bertz CT molecular complexity index is 2530. The van der Waals surface area contributed by atoms with Crippen molar-refractivity contribution in [1.29, 1.82) is 0 Å². The first-order chi connectivity index (χ1) is 22.8. The summed E-state index contributed by atoms with van der Waals surface area (Å²) in [6.07, 6.45) is 0. The van der Waals surface area contributed by atoms with Crippen LogP contribution in [0.3, 0.4) is 0 Å². The van der Waals surface area contributed by atoms with E-state index in [1.54, 1.807) is 0 Å². The van der Waals surface area contributed by atoms with Crippen molar-refractivity contribution in [3.63, 3.8) is 0 Å². The summed E-state index contributed by atoms with van der Waals surface area (Å²) in [6, 6.07) is 63.9. The number of hydrogen-bond donors (Lipinski definition) is 0. The normalized spacial score (nSPS) is 11.5. The largest absolute Gasteiger partial charge is 0.310 e. The first kappa shape index (κ1) is 26.7. The third-order valence-corrected chi connectivity index (χ3v) is 10.2. The lowest BCUT2D eigenvalue weighted by molar-refractivity contribution is 1.31. The summed E-state index contributed by atoms with van der Waals surface area (Å²) in [6.45, 7) is 0. The lowest BCUT2D eigenvalue weighted by Gasteiger charge is -2.27. The number of fused-ring (bicyclic) bond motifs is 6. The van der Waals surface area contributed by atoms with Crippen LogP contribution < -0.4 is 4.90 Å². The summed E-state index contributed by atoms with van der Waals surface area (Å²) in [5.41, 5.74) is 8.36. The molecule has 216 valence electrons. The quantitative estimate of drug-likeness (QED) is 0.189. The summed E-state index contributed by atoms with van der Waals surface area (Å²) >= 11 is 1.89. The molecule has 0 aliphatic rings. The Kier molecular flexibility index (Phi) is 6.40. The molecule has 0 N–H and O–H groups in total. The Labute approximate surface area is 272 Å². The zero-order valence-electron chi connectivity index (χ0n) is 25.1. The highest BCUT2D eigenvalue weighted by atomic mass is 32.1. The Morgan fingerprint density at radius 3 is 1.87 bits per heavy atom. The second-order valence-corrected chi connectivity index (χ2v) is 12.8. The summed E-state index contributed by atoms with van der Waals surface area (Å²) in [5.74, 6) is 0. The second kappa shape index (κ2) is 11.0. The molecule has 0 spiro atoms. The van der Waals surface area contributed by atoms with Gasteiger partial charge >= 0.3 is 0 Å². The molecule has 1 nitrogen and oxygen atoms in total. The molecule has 2 heteroatoms. The number of hydrogen-bond acceptors (Lipinski definition) is 2. The minimum Gasteiger partial charge on any atom is -0.310 e. The fourth-order valence-electron chi connectivity index (χ4n) is 6.87. The average molecular weight is 604 g/mol. The van der Waals surface area contributed by atoms with Gasteiger partial charge < -0.3 is 4.90 Å². The SMILES string of the molecule is c1ccc(-c2cccc(N(c3ccc4ccccc4c3)c3cccc4sc5c6ccccc6c(-c6ccccc6)cc5c34)c2)cc1. The van der Waals surface area contributed by atoms with Crippen molar-refractivity contribution in [3.05, 3.63) is 176 Å². The van der Waals surface area contributed by atoms with Gasteiger partial charge in [0.05, 0.1) is 5.69 Å². The van der Waals surface area contributed by atoms with Crippen molar-refractivity contribution >= 4 is 70.1 Å². The van der Waals surface area contributed by atoms with Crippen LogP contribution in [0.5, 0.6) is 0 Å². The van der Waals surface area contributed by atoms with Crippen LogP contribution in [0.4, 0.5) is 17.1 Å². The van der Waals surface area contributed by atoms with E-state index in [1.807, 2.05) is 11.3 Å². The monoisotopic (exact) mass is 603 g/mol. The van der Waals surface area contributed by atoms with Crippen LogP contribution in [0.15, 0.2) is 176 Å². The first-order valence-corrected chi connectivity index (χ1v) is 16.5. The van der Waals surface area contributed by atoms with E-state index in [-0.39, 0.29) is 0 Å². The number of nitrogens with zero attached hydrogens (tertiary/aromatic N) is 1. The highest BCUT2D eigenvalue weighted by Crippen LogP contribution is 2.48. The molecule has 0 aliphatic carbocycles. The summed E-state index contributed by atoms with van der Waals surface area (Å²) in [7, 11) is 0. The Morgan fingerprint density at radius 1 is 0.391 bits per heavy atom. The first-order valence-electron chi connectivity index (χ1n) is 15.7. The molecule has 0 atom stereocenters. The molecule has 0 radical (unpaired) electrons. The predicted octanol–water partition coefficient (Wildman–Crippen LogP) is 13.2. The van der Waals surface area contributed by atoms with Crippen molar-refractivity contribution in [2.24, 2.45) is 0 Å². The Morgan fingerprint density at radius 2 is 1.04 bits per heavy atom. The van der Waals surface area contributed by atoms with Gasteiger partial charge in [0, 0.05) is 36.9 Å². The highest BCUT2D eigenvalue weighted by molar-refractivity contribution is 7.26. The molecule has 1 aromatic heterocycles. The third-order valence-electron chi connectivity index (χ3n) is 9.01. The van der Waals surface area contributed by atoms with Gasteiger partial charge in [-0.2, -0.15) is 0 Å². The van der Waals surface area contributed by atoms with Crippen molar-refractivity contribution in [1.82, 2.24) is 0 Å². The molecule has 0 unspecified atom stereocenters. The van der Waals surface area contributed by atoms with Gasteiger partial charge in [0.15, 0.2) is 0 Å². The van der Waals surface area contributed by atoms with Crippen molar-refractivity contribution in [2.75, 3.05) is 4.90 Å². The fraction of sp³-hybridized carbons (Fsp3) is 0. The van der Waals surface area contributed by atoms with Gasteiger partial charge in [0.1, 0.15) is 0 Å². The molecular weight excluding hydrogens is 575 g/mol. The highest BCUT2D eigenvalue weighted by Gasteiger charge is 2.21.